The first-order chi connectivity index (χ1) is 11.7. The van der Waals surface area contributed by atoms with E-state index in [0.717, 1.165) is 11.1 Å². The first-order valence-electron chi connectivity index (χ1n) is 8.62. The van der Waals surface area contributed by atoms with Gasteiger partial charge in [-0.2, -0.15) is 0 Å². The molecule has 2 atom stereocenters. The zero-order valence-corrected chi connectivity index (χ0v) is 13.9. The van der Waals surface area contributed by atoms with Gasteiger partial charge < -0.3 is 9.64 Å². The molecule has 0 spiro atoms. The Balaban J connectivity index is 1.60. The minimum atomic E-state index is -0.0496. The topological polar surface area (TPSA) is 42.4 Å². The molecular formula is C20H22N2O2. The third-order valence-corrected chi connectivity index (χ3v) is 5.00. The molecule has 4 heteroatoms. The van der Waals surface area contributed by atoms with Crippen LogP contribution < -0.4 is 0 Å². The summed E-state index contributed by atoms with van der Waals surface area (Å²) in [6.07, 6.45) is 5.92. The predicted octanol–water partition coefficient (Wildman–Crippen LogP) is 3.38. The average Bonchev–Trinajstić information content (AvgIpc) is 3.47. The van der Waals surface area contributed by atoms with E-state index in [0.29, 0.717) is 24.6 Å². The Bertz CT molecular complexity index is 727. The van der Waals surface area contributed by atoms with Crippen molar-refractivity contribution < 1.29 is 9.53 Å². The highest BCUT2D eigenvalue weighted by molar-refractivity contribution is 5.95. The number of hydrogen-bond donors (Lipinski definition) is 0. The fourth-order valence-corrected chi connectivity index (χ4v) is 3.39. The molecule has 1 aromatic heterocycles. The van der Waals surface area contributed by atoms with E-state index in [4.69, 9.17) is 4.74 Å². The highest BCUT2D eigenvalue weighted by Crippen LogP contribution is 2.39. The van der Waals surface area contributed by atoms with Crippen molar-refractivity contribution in [1.29, 1.82) is 0 Å². The molecular weight excluding hydrogens is 300 g/mol. The molecule has 2 aliphatic rings. The Kier molecular flexibility index (Phi) is 4.07. The van der Waals surface area contributed by atoms with E-state index < -0.39 is 0 Å². The summed E-state index contributed by atoms with van der Waals surface area (Å²) >= 11 is 0. The molecule has 4 nitrogen and oxygen atoms in total. The Morgan fingerprint density at radius 2 is 1.96 bits per heavy atom. The Morgan fingerprint density at radius 3 is 2.67 bits per heavy atom. The number of aryl methyl sites for hydroxylation is 1. The highest BCUT2D eigenvalue weighted by Gasteiger charge is 2.40. The summed E-state index contributed by atoms with van der Waals surface area (Å²) in [6, 6.07) is 12.1. The summed E-state index contributed by atoms with van der Waals surface area (Å²) in [5.74, 6) is 0.664. The maximum atomic E-state index is 13.0. The van der Waals surface area contributed by atoms with E-state index in [-0.39, 0.29) is 18.1 Å². The van der Waals surface area contributed by atoms with Crippen LogP contribution in [0.5, 0.6) is 0 Å². The normalized spacial score (nSPS) is 24.0. The van der Waals surface area contributed by atoms with Gasteiger partial charge in [0.15, 0.2) is 0 Å². The lowest BCUT2D eigenvalue weighted by molar-refractivity contribution is -0.0864. The van der Waals surface area contributed by atoms with Crippen LogP contribution in [0.2, 0.25) is 0 Å². The van der Waals surface area contributed by atoms with E-state index in [1.54, 1.807) is 12.4 Å². The van der Waals surface area contributed by atoms with Crippen molar-refractivity contribution in [2.75, 3.05) is 13.1 Å². The second kappa shape index (κ2) is 6.36. The van der Waals surface area contributed by atoms with Crippen molar-refractivity contribution in [2.24, 2.45) is 5.92 Å². The summed E-state index contributed by atoms with van der Waals surface area (Å²) in [6.45, 7) is 3.24. The molecule has 2 fully saturated rings. The van der Waals surface area contributed by atoms with Crippen molar-refractivity contribution in [3.63, 3.8) is 0 Å². The number of aromatic nitrogens is 1. The number of amides is 1. The van der Waals surface area contributed by atoms with Gasteiger partial charge in [0, 0.05) is 18.9 Å². The van der Waals surface area contributed by atoms with Crippen LogP contribution in [-0.2, 0) is 4.74 Å². The van der Waals surface area contributed by atoms with Crippen LogP contribution in [0.25, 0.3) is 0 Å². The number of hydrogen-bond acceptors (Lipinski definition) is 3. The standard InChI is InChI=1S/C20H22N2O2/c1-14-9-10-21-11-17(14)20(23)22-12-18(15-5-3-2-4-6-15)24-19(13-22)16-7-8-16/h2-6,9-11,16,18-19H,7-8,12-13H2,1H3/t18-,19+/m0/s1. The molecule has 4 rings (SSSR count). The molecule has 2 aromatic rings. The van der Waals surface area contributed by atoms with Gasteiger partial charge in [0.25, 0.3) is 5.91 Å². The molecule has 0 radical (unpaired) electrons. The number of carbonyl (C=O) groups excluding carboxylic acids is 1. The SMILES string of the molecule is Cc1ccncc1C(=O)N1C[C@@H](c2ccccc2)O[C@@H](C2CC2)C1. The molecule has 1 aliphatic heterocycles. The summed E-state index contributed by atoms with van der Waals surface area (Å²) < 4.78 is 6.33. The molecule has 1 saturated carbocycles. The first kappa shape index (κ1) is 15.3. The van der Waals surface area contributed by atoms with Crippen LogP contribution in [0.1, 0.15) is 40.4 Å². The van der Waals surface area contributed by atoms with Gasteiger partial charge in [-0.15, -0.1) is 0 Å². The lowest BCUT2D eigenvalue weighted by Crippen LogP contribution is -2.47. The Hall–Kier alpha value is -2.20. The lowest BCUT2D eigenvalue weighted by Gasteiger charge is -2.38. The van der Waals surface area contributed by atoms with E-state index >= 15 is 0 Å². The summed E-state index contributed by atoms with van der Waals surface area (Å²) in [5.41, 5.74) is 2.81. The molecule has 1 aromatic carbocycles. The Morgan fingerprint density at radius 1 is 1.17 bits per heavy atom. The molecule has 1 amide bonds. The summed E-state index contributed by atoms with van der Waals surface area (Å²) in [4.78, 5) is 19.1. The maximum absolute atomic E-state index is 13.0. The quantitative estimate of drug-likeness (QED) is 0.870. The lowest BCUT2D eigenvalue weighted by atomic mass is 10.0. The number of pyridine rings is 1. The zero-order chi connectivity index (χ0) is 16.5. The average molecular weight is 322 g/mol. The Labute approximate surface area is 142 Å². The third kappa shape index (κ3) is 3.06. The number of benzene rings is 1. The van der Waals surface area contributed by atoms with Gasteiger partial charge >= 0.3 is 0 Å². The van der Waals surface area contributed by atoms with Gasteiger partial charge in [0.2, 0.25) is 0 Å². The number of nitrogens with zero attached hydrogens (tertiary/aromatic N) is 2. The van der Waals surface area contributed by atoms with Crippen LogP contribution in [0.4, 0.5) is 0 Å². The van der Waals surface area contributed by atoms with Crippen molar-refractivity contribution in [2.45, 2.75) is 32.0 Å². The van der Waals surface area contributed by atoms with Crippen LogP contribution in [0.15, 0.2) is 48.8 Å². The molecule has 0 N–H and O–H groups in total. The van der Waals surface area contributed by atoms with Crippen LogP contribution in [0.3, 0.4) is 0 Å². The van der Waals surface area contributed by atoms with Crippen LogP contribution in [0, 0.1) is 12.8 Å². The van der Waals surface area contributed by atoms with Gasteiger partial charge in [0.1, 0.15) is 6.10 Å². The number of morpholine rings is 1. The highest BCUT2D eigenvalue weighted by atomic mass is 16.5. The van der Waals surface area contributed by atoms with Gasteiger partial charge in [-0.3, -0.25) is 9.78 Å². The van der Waals surface area contributed by atoms with E-state index in [1.165, 1.54) is 12.8 Å². The van der Waals surface area contributed by atoms with Crippen LogP contribution in [-0.4, -0.2) is 35.0 Å². The van der Waals surface area contributed by atoms with Crippen molar-refractivity contribution in [3.8, 4) is 0 Å². The summed E-state index contributed by atoms with van der Waals surface area (Å²) in [7, 11) is 0. The molecule has 1 aliphatic carbocycles. The fourth-order valence-electron chi connectivity index (χ4n) is 3.39. The van der Waals surface area contributed by atoms with Gasteiger partial charge in [-0.25, -0.2) is 0 Å². The van der Waals surface area contributed by atoms with E-state index in [9.17, 15) is 4.79 Å². The van der Waals surface area contributed by atoms with Crippen molar-refractivity contribution >= 4 is 5.91 Å². The minimum absolute atomic E-state index is 0.0496. The first-order valence-corrected chi connectivity index (χ1v) is 8.62. The molecule has 2 heterocycles. The van der Waals surface area contributed by atoms with E-state index in [1.807, 2.05) is 36.1 Å². The van der Waals surface area contributed by atoms with Crippen LogP contribution >= 0.6 is 0 Å². The van der Waals surface area contributed by atoms with Gasteiger partial charge in [-0.05, 0) is 42.9 Å². The second-order valence-electron chi connectivity index (χ2n) is 6.81. The van der Waals surface area contributed by atoms with Gasteiger partial charge in [0.05, 0.1) is 18.2 Å². The third-order valence-electron chi connectivity index (χ3n) is 5.00. The minimum Gasteiger partial charge on any atom is -0.366 e. The second-order valence-corrected chi connectivity index (χ2v) is 6.81. The summed E-state index contributed by atoms with van der Waals surface area (Å²) in [5, 5.41) is 0. The number of ether oxygens (including phenoxy) is 1. The van der Waals surface area contributed by atoms with Crippen molar-refractivity contribution in [1.82, 2.24) is 9.88 Å². The maximum Gasteiger partial charge on any atom is 0.255 e. The fraction of sp³-hybridized carbons (Fsp3) is 0.400. The number of rotatable bonds is 3. The molecule has 0 bridgehead atoms. The largest absolute Gasteiger partial charge is 0.366 e. The van der Waals surface area contributed by atoms with E-state index in [2.05, 4.69) is 17.1 Å². The molecule has 24 heavy (non-hydrogen) atoms. The predicted molar refractivity (Wildman–Crippen MR) is 91.7 cm³/mol. The molecule has 1 saturated heterocycles. The molecule has 124 valence electrons. The van der Waals surface area contributed by atoms with Gasteiger partial charge in [-0.1, -0.05) is 30.3 Å². The smallest absolute Gasteiger partial charge is 0.255 e. The van der Waals surface area contributed by atoms with Crippen molar-refractivity contribution in [3.05, 3.63) is 65.5 Å². The number of carbonyl (C=O) groups is 1. The zero-order valence-electron chi connectivity index (χ0n) is 13.9. The molecule has 0 unspecified atom stereocenters. The monoisotopic (exact) mass is 322 g/mol.